The Morgan fingerprint density at radius 3 is 2.17 bits per heavy atom. The molecule has 5 heteroatoms. The molecule has 0 radical (unpaired) electrons. The van der Waals surface area contributed by atoms with E-state index >= 15 is 0 Å². The van der Waals surface area contributed by atoms with Gasteiger partial charge in [-0.05, 0) is 0 Å². The number of nitrogens with zero attached hydrogens (tertiary/aromatic N) is 1. The van der Waals surface area contributed by atoms with E-state index < -0.39 is 7.32 Å². The number of rotatable bonds is 1. The molecule has 0 bridgehead atoms. The topological polar surface area (TPSA) is 54.0 Å². The quantitative estimate of drug-likeness (QED) is 0.240. The monoisotopic (exact) mass is 87.0 g/mol. The van der Waals surface area contributed by atoms with Crippen molar-refractivity contribution in [2.24, 2.45) is 0 Å². The Morgan fingerprint density at radius 2 is 2.17 bits per heavy atom. The van der Waals surface area contributed by atoms with E-state index in [0.717, 1.165) is 0 Å². The van der Waals surface area contributed by atoms with Crippen LogP contribution in [0.15, 0.2) is 0 Å². The van der Waals surface area contributed by atoms with E-state index in [9.17, 15) is 0 Å². The molecule has 0 rings (SSSR count). The van der Waals surface area contributed by atoms with Crippen LogP contribution >= 0.6 is 0 Å². The van der Waals surface area contributed by atoms with Gasteiger partial charge in [0.2, 0.25) is 0 Å². The Morgan fingerprint density at radius 1 is 1.67 bits per heavy atom. The summed E-state index contributed by atoms with van der Waals surface area (Å²) in [6, 6.07) is 0. The molecule has 0 unspecified atom stereocenters. The minimum Gasteiger partial charge on any atom is -0.386 e. The van der Waals surface area contributed by atoms with Gasteiger partial charge in [0.1, 0.15) is 0 Å². The van der Waals surface area contributed by atoms with Gasteiger partial charge in [0.05, 0.1) is 0 Å². The van der Waals surface area contributed by atoms with E-state index in [0.29, 0.717) is 0 Å². The van der Waals surface area contributed by atoms with Crippen LogP contribution in [-0.4, -0.2) is 17.4 Å². The number of hydrogen-bond acceptors (Lipinski definition) is 3. The predicted octanol–water partition coefficient (Wildman–Crippen LogP) is -1.19. The molecule has 0 aliphatic rings. The molecule has 0 saturated carbocycles. The first kappa shape index (κ1) is 5.27. The average molecular weight is 86.8 g/mol. The number of hydrogen-bond donors (Lipinski definition) is 2. The van der Waals surface area contributed by atoms with Crippen molar-refractivity contribution in [3.05, 3.63) is 11.6 Å². The molecule has 0 aliphatic heterocycles. The normalized spacial score (nSPS) is 6.17. The Labute approximate surface area is 34.9 Å². The van der Waals surface area contributed by atoms with Crippen molar-refractivity contribution in [1.82, 2.24) is 0 Å². The minimum atomic E-state index is -1.96. The summed E-state index contributed by atoms with van der Waals surface area (Å²) in [5.41, 5.74) is 0. The second kappa shape index (κ2) is 2.51. The van der Waals surface area contributed by atoms with Crippen LogP contribution in [0.1, 0.15) is 0 Å². The molecule has 32 valence electrons. The zero-order chi connectivity index (χ0) is 4.99. The zero-order valence-electron chi connectivity index (χ0n) is 2.83. The third kappa shape index (κ3) is 3.27. The fourth-order valence-corrected chi connectivity index (χ4v) is 0.0471. The third-order valence-corrected chi connectivity index (χ3v) is 0.147. The van der Waals surface area contributed by atoms with E-state index in [1.54, 1.807) is 0 Å². The lowest BCUT2D eigenvalue weighted by atomic mass is 10.3. The van der Waals surface area contributed by atoms with Crippen LogP contribution in [0.25, 0.3) is 5.01 Å². The zero-order valence-corrected chi connectivity index (χ0v) is 2.83. The average Bonchev–Trinajstić information content (AvgIpc) is 1.35. The fraction of sp³-hybridized carbons (Fsp3) is 0. The molecule has 0 atom stereocenters. The molecule has 0 spiro atoms. The predicted molar refractivity (Wildman–Crippen MR) is 17.9 cm³/mol. The van der Waals surface area contributed by atoms with Gasteiger partial charge in [0, 0.05) is 0 Å². The maximum absolute atomic E-state index is 7.67. The highest BCUT2D eigenvalue weighted by Gasteiger charge is 2.13. The van der Waals surface area contributed by atoms with E-state index in [4.69, 9.17) is 16.6 Å². The van der Waals surface area contributed by atoms with E-state index in [2.05, 4.69) is 9.76 Å². The fourth-order valence-electron chi connectivity index (χ4n) is 0.0471. The lowest BCUT2D eigenvalue weighted by molar-refractivity contribution is 0.254. The van der Waals surface area contributed by atoms with Gasteiger partial charge in [-0.3, -0.25) is 0 Å². The second-order valence-electron chi connectivity index (χ2n) is 0.523. The Balaban J connectivity index is 2.88. The van der Waals surface area contributed by atoms with Gasteiger partial charge in [-0.15, -0.1) is 0 Å². The smallest absolute Gasteiger partial charge is 0.386 e. The van der Waals surface area contributed by atoms with Crippen molar-refractivity contribution >= 4 is 7.32 Å². The van der Waals surface area contributed by atoms with Gasteiger partial charge >= 0.3 is 7.32 Å². The summed E-state index contributed by atoms with van der Waals surface area (Å²) in [5.74, 6) is 0. The molecule has 0 fully saturated rings. The molecule has 0 heterocycles. The largest absolute Gasteiger partial charge is 0.791 e. The van der Waals surface area contributed by atoms with Crippen molar-refractivity contribution < 1.29 is 14.8 Å². The summed E-state index contributed by atoms with van der Waals surface area (Å²) in [4.78, 5) is 0. The summed E-state index contributed by atoms with van der Waals surface area (Å²) in [6.07, 6.45) is 0. The van der Waals surface area contributed by atoms with E-state index in [1.165, 1.54) is 0 Å². The van der Waals surface area contributed by atoms with E-state index in [1.807, 2.05) is 0 Å². The Hall–Kier alpha value is -0.725. The van der Waals surface area contributed by atoms with Crippen LogP contribution in [0, 0.1) is 6.57 Å². The van der Waals surface area contributed by atoms with Crippen LogP contribution in [0.2, 0.25) is 0 Å². The molecule has 6 heavy (non-hydrogen) atoms. The SMILES string of the molecule is [C-]#[N+]OB(O)O. The Bertz CT molecular complexity index is 65.7. The minimum absolute atomic E-state index is 1.96. The second-order valence-corrected chi connectivity index (χ2v) is 0.523. The summed E-state index contributed by atoms with van der Waals surface area (Å²) in [6.45, 7) is 5.82. The molecule has 0 amide bonds. The standard InChI is InChI=1S/CH2BNO3/c1-3-6-2(4)5/h4-5H. The lowest BCUT2D eigenvalue weighted by Crippen LogP contribution is -2.11. The van der Waals surface area contributed by atoms with E-state index in [-0.39, 0.29) is 0 Å². The van der Waals surface area contributed by atoms with Crippen molar-refractivity contribution in [1.29, 1.82) is 0 Å². The van der Waals surface area contributed by atoms with Crippen LogP contribution in [-0.2, 0) is 4.76 Å². The molecule has 0 aromatic heterocycles. The van der Waals surface area contributed by atoms with Gasteiger partial charge in [-0.2, -0.15) is 6.57 Å². The third-order valence-electron chi connectivity index (χ3n) is 0.147. The highest BCUT2D eigenvalue weighted by atomic mass is 16.7. The molecular formula is CH2BNO3. The van der Waals surface area contributed by atoms with Gasteiger partial charge in [-0.1, -0.05) is 5.01 Å². The summed E-state index contributed by atoms with van der Waals surface area (Å²) >= 11 is 0. The van der Waals surface area contributed by atoms with Crippen LogP contribution in [0.5, 0.6) is 0 Å². The van der Waals surface area contributed by atoms with Gasteiger partial charge < -0.3 is 10.0 Å². The molecule has 2 N–H and O–H groups in total. The first-order chi connectivity index (χ1) is 2.77. The van der Waals surface area contributed by atoms with Gasteiger partial charge in [-0.25, -0.2) is 4.76 Å². The maximum Gasteiger partial charge on any atom is 0.791 e. The van der Waals surface area contributed by atoms with Crippen molar-refractivity contribution in [2.75, 3.05) is 0 Å². The van der Waals surface area contributed by atoms with Crippen LogP contribution < -0.4 is 0 Å². The molecule has 0 aromatic carbocycles. The molecule has 0 saturated heterocycles. The lowest BCUT2D eigenvalue weighted by Gasteiger charge is -1.77. The maximum atomic E-state index is 7.67. The van der Waals surface area contributed by atoms with Crippen LogP contribution in [0.3, 0.4) is 0 Å². The van der Waals surface area contributed by atoms with Crippen molar-refractivity contribution in [3.8, 4) is 0 Å². The van der Waals surface area contributed by atoms with Gasteiger partial charge in [0.25, 0.3) is 0 Å². The van der Waals surface area contributed by atoms with Crippen molar-refractivity contribution in [3.63, 3.8) is 0 Å². The van der Waals surface area contributed by atoms with Crippen molar-refractivity contribution in [2.45, 2.75) is 0 Å². The molecule has 4 nitrogen and oxygen atoms in total. The highest BCUT2D eigenvalue weighted by Crippen LogP contribution is 1.70. The summed E-state index contributed by atoms with van der Waals surface area (Å²) < 4.78 is 3.44. The molecule has 0 aromatic rings. The first-order valence-corrected chi connectivity index (χ1v) is 1.16. The molecular weight excluding hydrogens is 84.8 g/mol. The molecule has 0 aliphatic carbocycles. The summed E-state index contributed by atoms with van der Waals surface area (Å²) in [7, 11) is -1.96. The first-order valence-electron chi connectivity index (χ1n) is 1.16. The highest BCUT2D eigenvalue weighted by molar-refractivity contribution is 6.32. The summed E-state index contributed by atoms with van der Waals surface area (Å²) in [5, 5.41) is 17.5. The van der Waals surface area contributed by atoms with Crippen LogP contribution in [0.4, 0.5) is 0 Å². The van der Waals surface area contributed by atoms with Gasteiger partial charge in [0.15, 0.2) is 0 Å². The Kier molecular flexibility index (Phi) is 2.21.